The van der Waals surface area contributed by atoms with E-state index in [4.69, 9.17) is 0 Å². The number of hydrogen-bond acceptors (Lipinski definition) is 3. The van der Waals surface area contributed by atoms with Crippen LogP contribution in [0.25, 0.3) is 11.4 Å². The van der Waals surface area contributed by atoms with E-state index in [-0.39, 0.29) is 11.5 Å². The van der Waals surface area contributed by atoms with Crippen molar-refractivity contribution in [1.82, 2.24) is 9.97 Å². The highest BCUT2D eigenvalue weighted by Crippen LogP contribution is 2.41. The Balaban J connectivity index is 2.11. The van der Waals surface area contributed by atoms with Crippen LogP contribution in [0.15, 0.2) is 30.5 Å². The number of benzene rings is 1. The van der Waals surface area contributed by atoms with Gasteiger partial charge in [-0.25, -0.2) is 14.8 Å². The van der Waals surface area contributed by atoms with Crippen molar-refractivity contribution in [1.29, 1.82) is 0 Å². The molecule has 1 N–H and O–H groups in total. The second-order valence-corrected chi connectivity index (χ2v) is 4.89. The lowest BCUT2D eigenvalue weighted by atomic mass is 10.1. The van der Waals surface area contributed by atoms with Gasteiger partial charge >= 0.3 is 5.97 Å². The zero-order valence-electron chi connectivity index (χ0n) is 10.6. The maximum absolute atomic E-state index is 11.2. The number of aromatic nitrogens is 2. The van der Waals surface area contributed by atoms with E-state index in [9.17, 15) is 9.90 Å². The van der Waals surface area contributed by atoms with Crippen molar-refractivity contribution in [2.24, 2.45) is 0 Å². The lowest BCUT2D eigenvalue weighted by molar-refractivity contribution is 0.0694. The monoisotopic (exact) mass is 254 g/mol. The summed E-state index contributed by atoms with van der Waals surface area (Å²) >= 11 is 0. The van der Waals surface area contributed by atoms with Crippen LogP contribution in [0.2, 0.25) is 0 Å². The molecule has 0 saturated heterocycles. The molecule has 96 valence electrons. The predicted molar refractivity (Wildman–Crippen MR) is 71.1 cm³/mol. The number of aromatic carboxylic acids is 1. The van der Waals surface area contributed by atoms with Crippen molar-refractivity contribution in [2.45, 2.75) is 25.7 Å². The molecular weight excluding hydrogens is 240 g/mol. The minimum Gasteiger partial charge on any atom is -0.478 e. The standard InChI is InChI=1S/C15H14N2O2/c1-9-4-2-3-5-11(9)14-16-8-12(15(18)19)13(17-14)10-6-7-10/h2-5,8,10H,6-7H2,1H3,(H,18,19). The molecule has 1 aliphatic rings. The van der Waals surface area contributed by atoms with Crippen molar-refractivity contribution in [3.8, 4) is 11.4 Å². The molecule has 1 aromatic carbocycles. The lowest BCUT2D eigenvalue weighted by Crippen LogP contribution is -2.07. The number of carbonyl (C=O) groups is 1. The van der Waals surface area contributed by atoms with Gasteiger partial charge in [-0.2, -0.15) is 0 Å². The quantitative estimate of drug-likeness (QED) is 0.914. The fourth-order valence-corrected chi connectivity index (χ4v) is 2.18. The predicted octanol–water partition coefficient (Wildman–Crippen LogP) is 3.03. The van der Waals surface area contributed by atoms with E-state index in [2.05, 4.69) is 9.97 Å². The third kappa shape index (κ3) is 2.21. The minimum atomic E-state index is -0.946. The highest BCUT2D eigenvalue weighted by atomic mass is 16.4. The second-order valence-electron chi connectivity index (χ2n) is 4.89. The molecular formula is C15H14N2O2. The summed E-state index contributed by atoms with van der Waals surface area (Å²) in [5, 5.41) is 9.18. The minimum absolute atomic E-state index is 0.236. The van der Waals surface area contributed by atoms with E-state index in [0.29, 0.717) is 11.5 Å². The fourth-order valence-electron chi connectivity index (χ4n) is 2.18. The molecule has 0 aliphatic heterocycles. The molecule has 2 aromatic rings. The Labute approximate surface area is 111 Å². The molecule has 0 atom stereocenters. The highest BCUT2D eigenvalue weighted by Gasteiger charge is 2.30. The van der Waals surface area contributed by atoms with Gasteiger partial charge in [0, 0.05) is 17.7 Å². The van der Waals surface area contributed by atoms with E-state index in [1.165, 1.54) is 6.20 Å². The highest BCUT2D eigenvalue weighted by molar-refractivity contribution is 5.89. The van der Waals surface area contributed by atoms with Crippen LogP contribution in [0.3, 0.4) is 0 Å². The van der Waals surface area contributed by atoms with Crippen molar-refractivity contribution in [3.05, 3.63) is 47.3 Å². The van der Waals surface area contributed by atoms with Gasteiger partial charge < -0.3 is 5.11 Å². The summed E-state index contributed by atoms with van der Waals surface area (Å²) in [5.74, 6) is -0.0416. The molecule has 1 aromatic heterocycles. The third-order valence-electron chi connectivity index (χ3n) is 3.40. The molecule has 0 unspecified atom stereocenters. The smallest absolute Gasteiger partial charge is 0.339 e. The van der Waals surface area contributed by atoms with Crippen LogP contribution in [0.1, 0.15) is 40.4 Å². The number of carboxylic acids is 1. The summed E-state index contributed by atoms with van der Waals surface area (Å²) in [4.78, 5) is 19.9. The number of hydrogen-bond donors (Lipinski definition) is 1. The van der Waals surface area contributed by atoms with Crippen molar-refractivity contribution >= 4 is 5.97 Å². The summed E-state index contributed by atoms with van der Waals surface area (Å²) in [6.45, 7) is 2.00. The van der Waals surface area contributed by atoms with Gasteiger partial charge in [0.25, 0.3) is 0 Å². The molecule has 19 heavy (non-hydrogen) atoms. The Morgan fingerprint density at radius 2 is 2.05 bits per heavy atom. The van der Waals surface area contributed by atoms with Crippen LogP contribution in [-0.4, -0.2) is 21.0 Å². The summed E-state index contributed by atoms with van der Waals surface area (Å²) in [6, 6.07) is 7.86. The first-order valence-electron chi connectivity index (χ1n) is 6.33. The van der Waals surface area contributed by atoms with Gasteiger partial charge in [-0.1, -0.05) is 24.3 Å². The number of rotatable bonds is 3. The Bertz CT molecular complexity index is 648. The fraction of sp³-hybridized carbons (Fsp3) is 0.267. The van der Waals surface area contributed by atoms with Crippen LogP contribution in [0, 0.1) is 6.92 Å². The Morgan fingerprint density at radius 1 is 1.32 bits per heavy atom. The molecule has 0 amide bonds. The molecule has 4 nitrogen and oxygen atoms in total. The average molecular weight is 254 g/mol. The van der Waals surface area contributed by atoms with Crippen LogP contribution in [0.5, 0.6) is 0 Å². The molecule has 1 saturated carbocycles. The molecule has 3 rings (SSSR count). The third-order valence-corrected chi connectivity index (χ3v) is 3.40. The number of nitrogens with zero attached hydrogens (tertiary/aromatic N) is 2. The first-order chi connectivity index (χ1) is 9.16. The summed E-state index contributed by atoms with van der Waals surface area (Å²) < 4.78 is 0. The van der Waals surface area contributed by atoms with Crippen LogP contribution < -0.4 is 0 Å². The van der Waals surface area contributed by atoms with Crippen LogP contribution in [0.4, 0.5) is 0 Å². The van der Waals surface area contributed by atoms with Crippen molar-refractivity contribution < 1.29 is 9.90 Å². The van der Waals surface area contributed by atoms with Crippen LogP contribution >= 0.6 is 0 Å². The van der Waals surface area contributed by atoms with E-state index in [1.54, 1.807) is 0 Å². The molecule has 0 spiro atoms. The zero-order valence-corrected chi connectivity index (χ0v) is 10.6. The first-order valence-corrected chi connectivity index (χ1v) is 6.33. The Hall–Kier alpha value is -2.23. The average Bonchev–Trinajstić information content (AvgIpc) is 3.23. The van der Waals surface area contributed by atoms with Crippen molar-refractivity contribution in [3.63, 3.8) is 0 Å². The summed E-state index contributed by atoms with van der Waals surface area (Å²) in [5.41, 5.74) is 2.97. The van der Waals surface area contributed by atoms with Gasteiger partial charge in [-0.05, 0) is 25.3 Å². The van der Waals surface area contributed by atoms with Crippen LogP contribution in [-0.2, 0) is 0 Å². The molecule has 0 bridgehead atoms. The Kier molecular flexibility index (Phi) is 2.78. The van der Waals surface area contributed by atoms with Gasteiger partial charge in [0.15, 0.2) is 5.82 Å². The molecule has 1 heterocycles. The maximum atomic E-state index is 11.2. The largest absolute Gasteiger partial charge is 0.478 e. The van der Waals surface area contributed by atoms with E-state index >= 15 is 0 Å². The van der Waals surface area contributed by atoms with E-state index in [0.717, 1.165) is 24.0 Å². The first kappa shape index (κ1) is 11.8. The normalized spacial score (nSPS) is 14.4. The molecule has 1 fully saturated rings. The topological polar surface area (TPSA) is 63.1 Å². The van der Waals surface area contributed by atoms with Gasteiger partial charge in [-0.15, -0.1) is 0 Å². The van der Waals surface area contributed by atoms with E-state index < -0.39 is 5.97 Å². The zero-order chi connectivity index (χ0) is 13.4. The maximum Gasteiger partial charge on any atom is 0.339 e. The lowest BCUT2D eigenvalue weighted by Gasteiger charge is -2.08. The SMILES string of the molecule is Cc1ccccc1-c1ncc(C(=O)O)c(C2CC2)n1. The Morgan fingerprint density at radius 3 is 2.68 bits per heavy atom. The van der Waals surface area contributed by atoms with Gasteiger partial charge in [0.05, 0.1) is 11.3 Å². The van der Waals surface area contributed by atoms with Gasteiger partial charge in [0.2, 0.25) is 0 Å². The number of carboxylic acid groups (broad SMARTS) is 1. The molecule has 0 radical (unpaired) electrons. The summed E-state index contributed by atoms with van der Waals surface area (Å²) in [7, 11) is 0. The van der Waals surface area contributed by atoms with E-state index in [1.807, 2.05) is 31.2 Å². The van der Waals surface area contributed by atoms with Gasteiger partial charge in [0.1, 0.15) is 0 Å². The summed E-state index contributed by atoms with van der Waals surface area (Å²) in [6.07, 6.45) is 3.47. The molecule has 1 aliphatic carbocycles. The van der Waals surface area contributed by atoms with Crippen molar-refractivity contribution in [2.75, 3.05) is 0 Å². The molecule has 4 heteroatoms. The van der Waals surface area contributed by atoms with Gasteiger partial charge in [-0.3, -0.25) is 0 Å². The second kappa shape index (κ2) is 4.46. The number of aryl methyl sites for hydroxylation is 1.